The molecule has 2 heterocycles. The Balaban J connectivity index is 2.04. The Labute approximate surface area is 86.0 Å². The first-order chi connectivity index (χ1) is 7.15. The van der Waals surface area contributed by atoms with Crippen molar-refractivity contribution in [1.29, 1.82) is 0 Å². The zero-order valence-electron chi connectivity index (χ0n) is 8.30. The van der Waals surface area contributed by atoms with Crippen molar-refractivity contribution < 1.29 is 9.59 Å². The molecular formula is C8H11N5O2. The van der Waals surface area contributed by atoms with Crippen molar-refractivity contribution in [2.75, 3.05) is 13.1 Å². The second-order valence-corrected chi connectivity index (χ2v) is 3.41. The van der Waals surface area contributed by atoms with Crippen LogP contribution in [0.25, 0.3) is 0 Å². The van der Waals surface area contributed by atoms with Crippen molar-refractivity contribution in [3.63, 3.8) is 0 Å². The van der Waals surface area contributed by atoms with Gasteiger partial charge in [-0.2, -0.15) is 0 Å². The van der Waals surface area contributed by atoms with E-state index in [0.29, 0.717) is 12.2 Å². The van der Waals surface area contributed by atoms with Crippen LogP contribution in [0.5, 0.6) is 0 Å². The zero-order valence-corrected chi connectivity index (χ0v) is 8.30. The monoisotopic (exact) mass is 209 g/mol. The molecule has 0 atom stereocenters. The standard InChI is InChI=1S/C8H11N5O2/c1-12-3-6(10-11-12)4-13-5-7(14)9-2-8(13)15/h3H,2,4-5H2,1H3,(H,9,14). The summed E-state index contributed by atoms with van der Waals surface area (Å²) in [5.74, 6) is -0.237. The largest absolute Gasteiger partial charge is 0.345 e. The molecule has 2 amide bonds. The van der Waals surface area contributed by atoms with Gasteiger partial charge in [-0.25, -0.2) is 0 Å². The minimum Gasteiger partial charge on any atom is -0.345 e. The summed E-state index contributed by atoms with van der Waals surface area (Å²) >= 11 is 0. The Kier molecular flexibility index (Phi) is 2.36. The van der Waals surface area contributed by atoms with Gasteiger partial charge in [-0.3, -0.25) is 14.3 Å². The van der Waals surface area contributed by atoms with Crippen molar-refractivity contribution in [3.8, 4) is 0 Å². The highest BCUT2D eigenvalue weighted by molar-refractivity contribution is 5.92. The number of hydrogen-bond acceptors (Lipinski definition) is 4. The van der Waals surface area contributed by atoms with Gasteiger partial charge in [0.2, 0.25) is 11.8 Å². The zero-order chi connectivity index (χ0) is 10.8. The van der Waals surface area contributed by atoms with Crippen LogP contribution in [0.15, 0.2) is 6.20 Å². The maximum atomic E-state index is 11.4. The van der Waals surface area contributed by atoms with Crippen molar-refractivity contribution in [1.82, 2.24) is 25.2 Å². The number of nitrogens with zero attached hydrogens (tertiary/aromatic N) is 4. The van der Waals surface area contributed by atoms with E-state index in [1.165, 1.54) is 4.90 Å². The van der Waals surface area contributed by atoms with Gasteiger partial charge < -0.3 is 10.2 Å². The number of aromatic nitrogens is 3. The van der Waals surface area contributed by atoms with E-state index in [4.69, 9.17) is 0 Å². The van der Waals surface area contributed by atoms with Crippen LogP contribution in [0.1, 0.15) is 5.69 Å². The molecule has 15 heavy (non-hydrogen) atoms. The molecule has 1 aliphatic heterocycles. The summed E-state index contributed by atoms with van der Waals surface area (Å²) < 4.78 is 1.56. The SMILES string of the molecule is Cn1cc(CN2CC(=O)NCC2=O)nn1. The van der Waals surface area contributed by atoms with Crippen LogP contribution in [0.3, 0.4) is 0 Å². The molecule has 0 spiro atoms. The van der Waals surface area contributed by atoms with Gasteiger partial charge in [0.05, 0.1) is 19.6 Å². The van der Waals surface area contributed by atoms with Gasteiger partial charge in [-0.15, -0.1) is 5.10 Å². The molecule has 0 radical (unpaired) electrons. The first kappa shape index (κ1) is 9.63. The van der Waals surface area contributed by atoms with Crippen molar-refractivity contribution in [2.45, 2.75) is 6.54 Å². The molecule has 80 valence electrons. The summed E-state index contributed by atoms with van der Waals surface area (Å²) in [6, 6.07) is 0. The molecule has 1 aromatic rings. The van der Waals surface area contributed by atoms with E-state index in [1.54, 1.807) is 17.9 Å². The summed E-state index contributed by atoms with van der Waals surface area (Å²) in [5, 5.41) is 10.1. The molecule has 7 nitrogen and oxygen atoms in total. The number of hydrogen-bond donors (Lipinski definition) is 1. The lowest BCUT2D eigenvalue weighted by molar-refractivity contribution is -0.141. The maximum absolute atomic E-state index is 11.4. The molecule has 2 rings (SSSR count). The predicted molar refractivity (Wildman–Crippen MR) is 49.4 cm³/mol. The van der Waals surface area contributed by atoms with Crippen LogP contribution < -0.4 is 5.32 Å². The second kappa shape index (κ2) is 3.68. The van der Waals surface area contributed by atoms with Crippen molar-refractivity contribution in [3.05, 3.63) is 11.9 Å². The Morgan fingerprint density at radius 3 is 3.00 bits per heavy atom. The van der Waals surface area contributed by atoms with E-state index in [1.807, 2.05) is 0 Å². The van der Waals surface area contributed by atoms with Gasteiger partial charge in [0.25, 0.3) is 0 Å². The Hall–Kier alpha value is -1.92. The smallest absolute Gasteiger partial charge is 0.242 e. The number of rotatable bonds is 2. The minimum atomic E-state index is -0.140. The lowest BCUT2D eigenvalue weighted by Gasteiger charge is -2.25. The number of amides is 2. The number of carbonyl (C=O) groups is 2. The van der Waals surface area contributed by atoms with Crippen LogP contribution in [0, 0.1) is 0 Å². The summed E-state index contributed by atoms with van der Waals surface area (Å²) in [6.45, 7) is 0.495. The van der Waals surface area contributed by atoms with Gasteiger partial charge in [-0.05, 0) is 0 Å². The highest BCUT2D eigenvalue weighted by Crippen LogP contribution is 2.02. The quantitative estimate of drug-likeness (QED) is 0.628. The molecule has 1 saturated heterocycles. The van der Waals surface area contributed by atoms with Crippen molar-refractivity contribution in [2.24, 2.45) is 7.05 Å². The molecule has 1 aliphatic rings. The fraction of sp³-hybridized carbons (Fsp3) is 0.500. The highest BCUT2D eigenvalue weighted by Gasteiger charge is 2.23. The average molecular weight is 209 g/mol. The third kappa shape index (κ3) is 2.12. The van der Waals surface area contributed by atoms with Crippen LogP contribution in [0.2, 0.25) is 0 Å². The number of piperazine rings is 1. The highest BCUT2D eigenvalue weighted by atomic mass is 16.2. The minimum absolute atomic E-state index is 0.0685. The topological polar surface area (TPSA) is 80.1 Å². The van der Waals surface area contributed by atoms with Crippen molar-refractivity contribution >= 4 is 11.8 Å². The molecule has 0 saturated carbocycles. The van der Waals surface area contributed by atoms with Gasteiger partial charge in [-0.1, -0.05) is 5.21 Å². The lowest BCUT2D eigenvalue weighted by atomic mass is 10.3. The molecule has 0 unspecified atom stereocenters. The number of carbonyl (C=O) groups excluding carboxylic acids is 2. The molecule has 1 N–H and O–H groups in total. The fourth-order valence-corrected chi connectivity index (χ4v) is 1.41. The second-order valence-electron chi connectivity index (χ2n) is 3.41. The molecule has 0 aromatic carbocycles. The summed E-state index contributed by atoms with van der Waals surface area (Å²) in [4.78, 5) is 23.9. The summed E-state index contributed by atoms with van der Waals surface area (Å²) in [5.41, 5.74) is 0.681. The van der Waals surface area contributed by atoms with E-state index in [2.05, 4.69) is 15.6 Å². The molecule has 1 aromatic heterocycles. The van der Waals surface area contributed by atoms with E-state index in [-0.39, 0.29) is 24.9 Å². The van der Waals surface area contributed by atoms with Gasteiger partial charge in [0.1, 0.15) is 5.69 Å². The molecule has 0 aliphatic carbocycles. The van der Waals surface area contributed by atoms with E-state index >= 15 is 0 Å². The van der Waals surface area contributed by atoms with Gasteiger partial charge in [0, 0.05) is 13.2 Å². The van der Waals surface area contributed by atoms with E-state index < -0.39 is 0 Å². The lowest BCUT2D eigenvalue weighted by Crippen LogP contribution is -2.51. The maximum Gasteiger partial charge on any atom is 0.242 e. The summed E-state index contributed by atoms with van der Waals surface area (Å²) in [7, 11) is 1.75. The Morgan fingerprint density at radius 2 is 2.33 bits per heavy atom. The molecule has 1 fully saturated rings. The predicted octanol–water partition coefficient (Wildman–Crippen LogP) is -1.73. The van der Waals surface area contributed by atoms with Crippen LogP contribution >= 0.6 is 0 Å². The van der Waals surface area contributed by atoms with E-state index in [0.717, 1.165) is 0 Å². The van der Waals surface area contributed by atoms with E-state index in [9.17, 15) is 9.59 Å². The number of aryl methyl sites for hydroxylation is 1. The van der Waals surface area contributed by atoms with Crippen LogP contribution in [-0.2, 0) is 23.2 Å². The molecule has 7 heteroatoms. The Bertz CT molecular complexity index is 399. The van der Waals surface area contributed by atoms with Crippen LogP contribution in [-0.4, -0.2) is 44.8 Å². The molecular weight excluding hydrogens is 198 g/mol. The first-order valence-electron chi connectivity index (χ1n) is 4.55. The first-order valence-corrected chi connectivity index (χ1v) is 4.55. The van der Waals surface area contributed by atoms with Crippen LogP contribution in [0.4, 0.5) is 0 Å². The normalized spacial score (nSPS) is 16.7. The third-order valence-electron chi connectivity index (χ3n) is 2.13. The third-order valence-corrected chi connectivity index (χ3v) is 2.13. The average Bonchev–Trinajstić information content (AvgIpc) is 2.58. The fourth-order valence-electron chi connectivity index (χ4n) is 1.41. The number of nitrogens with one attached hydrogen (secondary N) is 1. The van der Waals surface area contributed by atoms with Gasteiger partial charge >= 0.3 is 0 Å². The van der Waals surface area contributed by atoms with Gasteiger partial charge in [0.15, 0.2) is 0 Å². The molecule has 0 bridgehead atoms. The summed E-state index contributed by atoms with van der Waals surface area (Å²) in [6.07, 6.45) is 1.72. The Morgan fingerprint density at radius 1 is 1.53 bits per heavy atom.